The van der Waals surface area contributed by atoms with E-state index in [1.807, 2.05) is 0 Å². The summed E-state index contributed by atoms with van der Waals surface area (Å²) in [6.07, 6.45) is 2.87. The lowest BCUT2D eigenvalue weighted by atomic mass is 10.0. The summed E-state index contributed by atoms with van der Waals surface area (Å²) in [5, 5.41) is 6.40. The van der Waals surface area contributed by atoms with Gasteiger partial charge in [0.05, 0.1) is 11.4 Å². The molecule has 0 aromatic carbocycles. The number of hydrogen-bond acceptors (Lipinski definition) is 4. The Morgan fingerprint density at radius 1 is 1.38 bits per heavy atom. The minimum absolute atomic E-state index is 0.129. The van der Waals surface area contributed by atoms with Crippen LogP contribution >= 0.6 is 0 Å². The molecule has 0 aromatic rings. The largest absolute Gasteiger partial charge is 0.373 e. The number of guanidine groups is 1. The third-order valence-corrected chi connectivity index (χ3v) is 5.97. The molecule has 2 fully saturated rings. The summed E-state index contributed by atoms with van der Waals surface area (Å²) in [4.78, 5) is 4.15. The highest BCUT2D eigenvalue weighted by Gasteiger charge is 2.30. The van der Waals surface area contributed by atoms with E-state index >= 15 is 0 Å². The normalized spacial score (nSPS) is 29.7. The van der Waals surface area contributed by atoms with E-state index < -0.39 is 10.0 Å². The van der Waals surface area contributed by atoms with E-state index in [4.69, 9.17) is 4.74 Å². The number of nitrogens with one attached hydrogen (secondary N) is 2. The maximum Gasteiger partial charge on any atom is 0.214 e. The van der Waals surface area contributed by atoms with Crippen LogP contribution in [-0.2, 0) is 14.8 Å². The van der Waals surface area contributed by atoms with Crippen LogP contribution < -0.4 is 10.6 Å². The van der Waals surface area contributed by atoms with Crippen molar-refractivity contribution in [2.45, 2.75) is 31.8 Å². The fourth-order valence-corrected chi connectivity index (χ4v) is 4.24. The van der Waals surface area contributed by atoms with Gasteiger partial charge in [-0.15, -0.1) is 0 Å². The summed E-state index contributed by atoms with van der Waals surface area (Å²) in [6.45, 7) is 5.28. The topological polar surface area (TPSA) is 83.0 Å². The Labute approximate surface area is 127 Å². The molecule has 0 aromatic heterocycles. The quantitative estimate of drug-likeness (QED) is 0.540. The summed E-state index contributed by atoms with van der Waals surface area (Å²) in [5.41, 5.74) is -0.129. The van der Waals surface area contributed by atoms with Crippen molar-refractivity contribution in [2.75, 3.05) is 45.6 Å². The zero-order valence-electron chi connectivity index (χ0n) is 12.9. The van der Waals surface area contributed by atoms with Crippen molar-refractivity contribution < 1.29 is 13.2 Å². The van der Waals surface area contributed by atoms with Crippen molar-refractivity contribution in [1.29, 1.82) is 0 Å². The summed E-state index contributed by atoms with van der Waals surface area (Å²) >= 11 is 0. The molecule has 0 radical (unpaired) electrons. The molecule has 8 heteroatoms. The van der Waals surface area contributed by atoms with Gasteiger partial charge in [0.25, 0.3) is 0 Å². The second-order valence-corrected chi connectivity index (χ2v) is 7.91. The lowest BCUT2D eigenvalue weighted by Crippen LogP contribution is -2.47. The molecule has 2 heterocycles. The van der Waals surface area contributed by atoms with Crippen LogP contribution in [-0.4, -0.2) is 69.9 Å². The van der Waals surface area contributed by atoms with Crippen LogP contribution in [0, 0.1) is 0 Å². The van der Waals surface area contributed by atoms with Crippen molar-refractivity contribution >= 4 is 16.0 Å². The Hall–Kier alpha value is -0.860. The highest BCUT2D eigenvalue weighted by molar-refractivity contribution is 7.89. The van der Waals surface area contributed by atoms with Crippen LogP contribution in [0.25, 0.3) is 0 Å². The molecule has 0 spiro atoms. The molecule has 2 rings (SSSR count). The van der Waals surface area contributed by atoms with Crippen molar-refractivity contribution in [3.63, 3.8) is 0 Å². The second kappa shape index (κ2) is 6.93. The first-order valence-corrected chi connectivity index (χ1v) is 9.12. The number of ether oxygens (including phenoxy) is 1. The monoisotopic (exact) mass is 318 g/mol. The summed E-state index contributed by atoms with van der Waals surface area (Å²) in [5.74, 6) is 0.957. The molecular formula is C13H26N4O3S. The van der Waals surface area contributed by atoms with Gasteiger partial charge in [-0.25, -0.2) is 12.7 Å². The molecule has 0 bridgehead atoms. The molecule has 122 valence electrons. The molecule has 1 unspecified atom stereocenters. The second-order valence-electron chi connectivity index (χ2n) is 5.82. The fraction of sp³-hybridized carbons (Fsp3) is 0.923. The summed E-state index contributed by atoms with van der Waals surface area (Å²) in [6, 6.07) is 0. The van der Waals surface area contributed by atoms with E-state index in [-0.39, 0.29) is 11.4 Å². The predicted molar refractivity (Wildman–Crippen MR) is 82.9 cm³/mol. The summed E-state index contributed by atoms with van der Waals surface area (Å²) in [7, 11) is -1.31. The molecule has 0 saturated carbocycles. The maximum absolute atomic E-state index is 11.7. The van der Waals surface area contributed by atoms with Gasteiger partial charge in [0.2, 0.25) is 10.0 Å². The average Bonchev–Trinajstić information content (AvgIpc) is 3.00. The van der Waals surface area contributed by atoms with Crippen molar-refractivity contribution in [3.05, 3.63) is 0 Å². The van der Waals surface area contributed by atoms with Gasteiger partial charge in [-0.2, -0.15) is 0 Å². The molecule has 1 atom stereocenters. The van der Waals surface area contributed by atoms with Crippen LogP contribution in [0.2, 0.25) is 0 Å². The Morgan fingerprint density at radius 2 is 2.19 bits per heavy atom. The van der Waals surface area contributed by atoms with Gasteiger partial charge in [0.15, 0.2) is 5.96 Å². The van der Waals surface area contributed by atoms with Crippen LogP contribution in [0.5, 0.6) is 0 Å². The average molecular weight is 318 g/mol. The zero-order valence-corrected chi connectivity index (χ0v) is 13.7. The standard InChI is InChI=1S/C13H26N4O3S/c1-13(5-3-9-20-13)11-16-12(14-2)15-6-8-17-7-4-10-21(17,18)19/h3-11H2,1-2H3,(H2,14,15,16). The molecule has 0 amide bonds. The van der Waals surface area contributed by atoms with Gasteiger partial charge in [0.1, 0.15) is 0 Å². The van der Waals surface area contributed by atoms with Gasteiger partial charge < -0.3 is 15.4 Å². The van der Waals surface area contributed by atoms with Gasteiger partial charge in [-0.3, -0.25) is 4.99 Å². The molecule has 21 heavy (non-hydrogen) atoms. The maximum atomic E-state index is 11.7. The SMILES string of the molecule is CN=C(NCCN1CCCS1(=O)=O)NCC1(C)CCCO1. The Balaban J connectivity index is 1.71. The van der Waals surface area contributed by atoms with Gasteiger partial charge >= 0.3 is 0 Å². The molecule has 2 aliphatic rings. The van der Waals surface area contributed by atoms with E-state index in [0.29, 0.717) is 32.1 Å². The van der Waals surface area contributed by atoms with E-state index in [2.05, 4.69) is 22.5 Å². The highest BCUT2D eigenvalue weighted by atomic mass is 32.2. The minimum Gasteiger partial charge on any atom is -0.373 e. The third-order valence-electron chi connectivity index (χ3n) is 4.01. The van der Waals surface area contributed by atoms with E-state index in [1.165, 1.54) is 4.31 Å². The van der Waals surface area contributed by atoms with E-state index in [0.717, 1.165) is 25.9 Å². The first-order valence-electron chi connectivity index (χ1n) is 7.51. The van der Waals surface area contributed by atoms with Gasteiger partial charge in [-0.05, 0) is 26.2 Å². The van der Waals surface area contributed by atoms with E-state index in [9.17, 15) is 8.42 Å². The van der Waals surface area contributed by atoms with Crippen molar-refractivity contribution in [3.8, 4) is 0 Å². The van der Waals surface area contributed by atoms with Crippen LogP contribution in [0.4, 0.5) is 0 Å². The zero-order chi connectivity index (χ0) is 15.3. The lowest BCUT2D eigenvalue weighted by Gasteiger charge is -2.25. The number of hydrogen-bond donors (Lipinski definition) is 2. The number of rotatable bonds is 5. The molecule has 2 aliphatic heterocycles. The van der Waals surface area contributed by atoms with Crippen molar-refractivity contribution in [2.24, 2.45) is 4.99 Å². The lowest BCUT2D eigenvalue weighted by molar-refractivity contribution is 0.0243. The first-order chi connectivity index (χ1) is 9.95. The molecule has 2 N–H and O–H groups in total. The molecular weight excluding hydrogens is 292 g/mol. The van der Waals surface area contributed by atoms with Crippen LogP contribution in [0.3, 0.4) is 0 Å². The summed E-state index contributed by atoms with van der Waals surface area (Å²) < 4.78 is 30.6. The highest BCUT2D eigenvalue weighted by Crippen LogP contribution is 2.23. The third kappa shape index (κ3) is 4.55. The van der Waals surface area contributed by atoms with Gasteiger partial charge in [0, 0.05) is 39.8 Å². The first kappa shape index (κ1) is 16.5. The molecule has 7 nitrogen and oxygen atoms in total. The number of sulfonamides is 1. The minimum atomic E-state index is -3.01. The smallest absolute Gasteiger partial charge is 0.214 e. The van der Waals surface area contributed by atoms with Gasteiger partial charge in [-0.1, -0.05) is 0 Å². The van der Waals surface area contributed by atoms with E-state index in [1.54, 1.807) is 7.05 Å². The number of aliphatic imine (C=N–C) groups is 1. The van der Waals surface area contributed by atoms with Crippen LogP contribution in [0.1, 0.15) is 26.2 Å². The number of nitrogens with zero attached hydrogens (tertiary/aromatic N) is 2. The van der Waals surface area contributed by atoms with Crippen molar-refractivity contribution in [1.82, 2.24) is 14.9 Å². The molecule has 0 aliphatic carbocycles. The van der Waals surface area contributed by atoms with Crippen LogP contribution in [0.15, 0.2) is 4.99 Å². The Bertz CT molecular complexity index is 472. The Morgan fingerprint density at radius 3 is 2.76 bits per heavy atom. The molecule has 2 saturated heterocycles. The fourth-order valence-electron chi connectivity index (χ4n) is 2.71. The Kier molecular flexibility index (Phi) is 5.45. The predicted octanol–water partition coefficient (Wildman–Crippen LogP) is -0.244.